The van der Waals surface area contributed by atoms with Crippen LogP contribution in [0, 0.1) is 46.1 Å². The lowest BCUT2D eigenvalue weighted by Gasteiger charge is -2.49. The molecule has 3 aromatic carbocycles. The fourth-order valence-corrected chi connectivity index (χ4v) is 11.0. The minimum Gasteiger partial charge on any atom is -0.508 e. The minimum absolute atomic E-state index is 0.0745. The molecule has 4 amide bonds. The average Bonchev–Trinajstić information content (AvgIpc) is 3.82. The first kappa shape index (κ1) is 35.3. The number of aromatic nitrogens is 2. The summed E-state index contributed by atoms with van der Waals surface area (Å²) < 4.78 is 2.52. The van der Waals surface area contributed by atoms with Crippen LogP contribution in [0.15, 0.2) is 78.4 Å². The van der Waals surface area contributed by atoms with E-state index in [-0.39, 0.29) is 35.8 Å². The average molecular weight is 797 g/mol. The molecular formula is C40H31Cl2N5O7S. The molecule has 2 saturated heterocycles. The van der Waals surface area contributed by atoms with E-state index in [2.05, 4.69) is 0 Å². The summed E-state index contributed by atoms with van der Waals surface area (Å²) in [5.41, 5.74) is 0.914. The third kappa shape index (κ3) is 4.99. The number of anilines is 2. The number of nitro benzene ring substituents is 1. The molecule has 2 aromatic heterocycles. The molecule has 9 rings (SSSR count). The van der Waals surface area contributed by atoms with Crippen LogP contribution >= 0.6 is 34.5 Å². The maximum Gasteiger partial charge on any atom is 0.271 e. The Morgan fingerprint density at radius 3 is 2.45 bits per heavy atom. The highest BCUT2D eigenvalue weighted by atomic mass is 35.5. The summed E-state index contributed by atoms with van der Waals surface area (Å²) in [6.07, 6.45) is 2.09. The van der Waals surface area contributed by atoms with Crippen LogP contribution in [0.4, 0.5) is 17.2 Å². The summed E-state index contributed by atoms with van der Waals surface area (Å²) in [5, 5.41) is 29.6. The lowest BCUT2D eigenvalue weighted by molar-refractivity contribution is -0.384. The summed E-state index contributed by atoms with van der Waals surface area (Å²) in [4.78, 5) is 72.3. The van der Waals surface area contributed by atoms with Crippen LogP contribution in [-0.4, -0.2) is 43.4 Å². The summed E-state index contributed by atoms with van der Waals surface area (Å²) in [6.45, 7) is 3.70. The number of phenolic OH excluding ortho intramolecular Hbond substituents is 1. The number of hydrogen-bond acceptors (Lipinski definition) is 9. The molecular weight excluding hydrogens is 765 g/mol. The van der Waals surface area contributed by atoms with Crippen LogP contribution in [0.2, 0.25) is 10.0 Å². The number of allylic oxidation sites excluding steroid dienone is 2. The zero-order valence-electron chi connectivity index (χ0n) is 29.5. The Labute approximate surface area is 327 Å². The van der Waals surface area contributed by atoms with Gasteiger partial charge >= 0.3 is 0 Å². The molecule has 2 aliphatic carbocycles. The van der Waals surface area contributed by atoms with Crippen molar-refractivity contribution in [2.45, 2.75) is 32.6 Å². The number of aryl methyl sites for hydroxylation is 2. The molecule has 12 nitrogen and oxygen atoms in total. The number of aromatic hydroxyl groups is 1. The van der Waals surface area contributed by atoms with Crippen molar-refractivity contribution in [3.8, 4) is 16.3 Å². The Balaban J connectivity index is 1.15. The number of benzene rings is 3. The van der Waals surface area contributed by atoms with Gasteiger partial charge in [-0.1, -0.05) is 40.9 Å². The number of amides is 4. The SMILES string of the molecule is Cc1c(-c2cc(N3C(=O)C4CC5C(=CCC6C(=O)N(c7cccc([N+](=O)[O-])c7)C(=O)C65)C(c5cc(Cl)ccc5O)C4(C)C3=O)n(C)n2)sc2ccc(Cl)cc12. The van der Waals surface area contributed by atoms with Gasteiger partial charge in [-0.25, -0.2) is 9.80 Å². The highest BCUT2D eigenvalue weighted by molar-refractivity contribution is 7.22. The lowest BCUT2D eigenvalue weighted by Crippen LogP contribution is -2.49. The third-order valence-corrected chi connectivity index (χ3v) is 13.9. The van der Waals surface area contributed by atoms with Crippen LogP contribution in [-0.2, 0) is 26.2 Å². The van der Waals surface area contributed by atoms with Gasteiger partial charge in [0.15, 0.2) is 0 Å². The Morgan fingerprint density at radius 1 is 0.945 bits per heavy atom. The summed E-state index contributed by atoms with van der Waals surface area (Å²) >= 11 is 14.3. The summed E-state index contributed by atoms with van der Waals surface area (Å²) in [7, 11) is 1.67. The van der Waals surface area contributed by atoms with Gasteiger partial charge in [-0.15, -0.1) is 11.3 Å². The van der Waals surface area contributed by atoms with Crippen LogP contribution in [0.3, 0.4) is 0 Å². The number of nitro groups is 1. The highest BCUT2D eigenvalue weighted by Crippen LogP contribution is 2.64. The van der Waals surface area contributed by atoms with E-state index < -0.39 is 63.6 Å². The van der Waals surface area contributed by atoms with Crippen LogP contribution < -0.4 is 9.80 Å². The van der Waals surface area contributed by atoms with Gasteiger partial charge < -0.3 is 5.11 Å². The molecule has 0 radical (unpaired) electrons. The van der Waals surface area contributed by atoms with Gasteiger partial charge in [0, 0.05) is 51.5 Å². The zero-order chi connectivity index (χ0) is 38.8. The van der Waals surface area contributed by atoms with Gasteiger partial charge in [0.1, 0.15) is 17.3 Å². The topological polar surface area (TPSA) is 156 Å². The molecule has 0 bridgehead atoms. The van der Waals surface area contributed by atoms with Crippen molar-refractivity contribution in [3.05, 3.63) is 110 Å². The number of halogens is 2. The number of nitrogens with zero attached hydrogens (tertiary/aromatic N) is 5. The predicted octanol–water partition coefficient (Wildman–Crippen LogP) is 7.97. The molecule has 55 heavy (non-hydrogen) atoms. The van der Waals surface area contributed by atoms with Gasteiger partial charge in [-0.2, -0.15) is 5.10 Å². The van der Waals surface area contributed by atoms with E-state index in [0.717, 1.165) is 25.4 Å². The van der Waals surface area contributed by atoms with E-state index in [4.69, 9.17) is 28.3 Å². The van der Waals surface area contributed by atoms with E-state index in [1.165, 1.54) is 57.3 Å². The van der Waals surface area contributed by atoms with Gasteiger partial charge in [-0.05, 0) is 86.0 Å². The molecule has 6 unspecified atom stereocenters. The maximum atomic E-state index is 15.1. The van der Waals surface area contributed by atoms with Gasteiger partial charge in [-0.3, -0.25) is 34.0 Å². The second kappa shape index (κ2) is 12.3. The second-order valence-electron chi connectivity index (χ2n) is 14.9. The van der Waals surface area contributed by atoms with E-state index in [0.29, 0.717) is 26.9 Å². The van der Waals surface area contributed by atoms with Gasteiger partial charge in [0.05, 0.1) is 38.7 Å². The zero-order valence-corrected chi connectivity index (χ0v) is 31.9. The minimum atomic E-state index is -1.44. The van der Waals surface area contributed by atoms with E-state index in [9.17, 15) is 29.6 Å². The van der Waals surface area contributed by atoms with Crippen molar-refractivity contribution in [2.75, 3.05) is 9.80 Å². The van der Waals surface area contributed by atoms with Crippen molar-refractivity contribution in [1.82, 2.24) is 9.78 Å². The molecule has 6 atom stereocenters. The van der Waals surface area contributed by atoms with E-state index in [1.54, 1.807) is 26.1 Å². The van der Waals surface area contributed by atoms with Crippen LogP contribution in [0.5, 0.6) is 5.75 Å². The molecule has 1 N–H and O–H groups in total. The Bertz CT molecular complexity index is 2620. The van der Waals surface area contributed by atoms with Crippen molar-refractivity contribution in [1.29, 1.82) is 0 Å². The van der Waals surface area contributed by atoms with Gasteiger partial charge in [0.2, 0.25) is 23.6 Å². The smallest absolute Gasteiger partial charge is 0.271 e. The first-order chi connectivity index (χ1) is 26.2. The van der Waals surface area contributed by atoms with Crippen molar-refractivity contribution < 1.29 is 29.2 Å². The molecule has 4 heterocycles. The maximum absolute atomic E-state index is 15.1. The number of carbonyl (C=O) groups is 4. The molecule has 278 valence electrons. The fraction of sp³-hybridized carbons (Fsp3) is 0.275. The number of imide groups is 2. The number of thiophene rings is 1. The number of phenols is 1. The molecule has 1 saturated carbocycles. The fourth-order valence-electron chi connectivity index (χ4n) is 9.55. The molecule has 3 fully saturated rings. The van der Waals surface area contributed by atoms with Crippen LogP contribution in [0.25, 0.3) is 20.7 Å². The number of non-ortho nitro benzene ring substituents is 1. The first-order valence-corrected chi connectivity index (χ1v) is 19.2. The number of rotatable bonds is 5. The lowest BCUT2D eigenvalue weighted by atomic mass is 9.51. The second-order valence-corrected chi connectivity index (χ2v) is 16.8. The molecule has 2 aliphatic heterocycles. The third-order valence-electron chi connectivity index (χ3n) is 12.1. The number of carbonyl (C=O) groups excluding carboxylic acids is 4. The van der Waals surface area contributed by atoms with Crippen LogP contribution in [0.1, 0.15) is 36.8 Å². The van der Waals surface area contributed by atoms with E-state index in [1.807, 2.05) is 31.2 Å². The Morgan fingerprint density at radius 2 is 1.69 bits per heavy atom. The standard InChI is InChI=1S/C40H31Cl2N5O7S/c1-18-25-13-20(42)8-12-31(25)55-35(18)29-17-32(44(3)43-29)46-37(50)28-16-26-23(34(40(28,2)39(46)52)27-14-19(41)7-11-30(27)48)9-10-24-33(26)38(51)45(36(24)49)21-5-4-6-22(15-21)47(53)54/h4-9,11-15,17,24,26,28,33-34,48H,10,16H2,1-3H3. The Kier molecular flexibility index (Phi) is 7.92. The van der Waals surface area contributed by atoms with Crippen molar-refractivity contribution in [3.63, 3.8) is 0 Å². The Hall–Kier alpha value is -5.37. The monoisotopic (exact) mass is 795 g/mol. The quantitative estimate of drug-likeness (QED) is 0.0813. The van der Waals surface area contributed by atoms with Crippen molar-refractivity contribution in [2.24, 2.45) is 36.1 Å². The number of hydrogen-bond donors (Lipinski definition) is 1. The summed E-state index contributed by atoms with van der Waals surface area (Å²) in [5.74, 6) is -6.10. The largest absolute Gasteiger partial charge is 0.508 e. The first-order valence-electron chi connectivity index (χ1n) is 17.6. The molecule has 4 aliphatic rings. The van der Waals surface area contributed by atoms with E-state index >= 15 is 4.79 Å². The normalized spacial score (nSPS) is 26.1. The molecule has 5 aromatic rings. The predicted molar refractivity (Wildman–Crippen MR) is 207 cm³/mol. The molecule has 0 spiro atoms. The highest BCUT2D eigenvalue weighted by Gasteiger charge is 2.68. The summed E-state index contributed by atoms with van der Waals surface area (Å²) in [6, 6.07) is 17.3. The molecule has 15 heteroatoms. The van der Waals surface area contributed by atoms with Gasteiger partial charge in [0.25, 0.3) is 5.69 Å². The number of fused-ring (bicyclic) bond motifs is 5. The van der Waals surface area contributed by atoms with Crippen molar-refractivity contribution >= 4 is 85.4 Å².